The summed E-state index contributed by atoms with van der Waals surface area (Å²) in [5, 5.41) is 4.06. The van der Waals surface area contributed by atoms with E-state index in [9.17, 15) is 0 Å². The van der Waals surface area contributed by atoms with Crippen molar-refractivity contribution in [3.63, 3.8) is 0 Å². The number of hydrogen-bond donors (Lipinski definition) is 1. The van der Waals surface area contributed by atoms with Gasteiger partial charge in [0, 0.05) is 13.2 Å². The SMILES string of the molecule is CSC(C)NCCCCCOCCC(C)(C)C. The standard InChI is InChI=1S/C14H31NOS/c1-13(17-5)15-10-7-6-8-11-16-12-9-14(2,3)4/h13,15H,6-12H2,1-5H3. The summed E-state index contributed by atoms with van der Waals surface area (Å²) in [6.07, 6.45) is 7.01. The Hall–Kier alpha value is 0.270. The molecule has 0 bridgehead atoms. The van der Waals surface area contributed by atoms with Crippen molar-refractivity contribution in [2.75, 3.05) is 26.0 Å². The van der Waals surface area contributed by atoms with Crippen LogP contribution in [0.25, 0.3) is 0 Å². The Labute approximate surface area is 112 Å². The van der Waals surface area contributed by atoms with Crippen LogP contribution in [0.3, 0.4) is 0 Å². The summed E-state index contributed by atoms with van der Waals surface area (Å²) < 4.78 is 5.63. The van der Waals surface area contributed by atoms with Crippen molar-refractivity contribution in [1.29, 1.82) is 0 Å². The minimum absolute atomic E-state index is 0.401. The van der Waals surface area contributed by atoms with E-state index in [0.29, 0.717) is 10.8 Å². The molecule has 0 fully saturated rings. The number of unbranched alkanes of at least 4 members (excludes halogenated alkanes) is 2. The van der Waals surface area contributed by atoms with E-state index in [4.69, 9.17) is 4.74 Å². The third-order valence-electron chi connectivity index (χ3n) is 2.75. The summed E-state index contributed by atoms with van der Waals surface area (Å²) in [5.41, 5.74) is 0.401. The van der Waals surface area contributed by atoms with Crippen LogP contribution in [0.15, 0.2) is 0 Å². The van der Waals surface area contributed by atoms with Crippen molar-refractivity contribution in [1.82, 2.24) is 5.32 Å². The molecule has 0 radical (unpaired) electrons. The van der Waals surface area contributed by atoms with Crippen LogP contribution in [0.1, 0.15) is 53.4 Å². The Morgan fingerprint density at radius 3 is 2.41 bits per heavy atom. The number of thioether (sulfide) groups is 1. The largest absolute Gasteiger partial charge is 0.381 e. The van der Waals surface area contributed by atoms with Gasteiger partial charge in [-0.2, -0.15) is 0 Å². The van der Waals surface area contributed by atoms with Gasteiger partial charge in [0.15, 0.2) is 0 Å². The Kier molecular flexibility index (Phi) is 10.4. The number of ether oxygens (including phenoxy) is 1. The van der Waals surface area contributed by atoms with Gasteiger partial charge in [-0.15, -0.1) is 11.8 Å². The maximum absolute atomic E-state index is 5.63. The zero-order valence-corrected chi connectivity index (χ0v) is 13.2. The molecule has 2 nitrogen and oxygen atoms in total. The van der Waals surface area contributed by atoms with E-state index in [1.165, 1.54) is 19.3 Å². The fourth-order valence-corrected chi connectivity index (χ4v) is 1.66. The van der Waals surface area contributed by atoms with Gasteiger partial charge in [0.2, 0.25) is 0 Å². The third kappa shape index (κ3) is 14.2. The van der Waals surface area contributed by atoms with E-state index in [1.807, 2.05) is 11.8 Å². The summed E-state index contributed by atoms with van der Waals surface area (Å²) in [4.78, 5) is 0. The topological polar surface area (TPSA) is 21.3 Å². The predicted octanol–water partition coefficient (Wildman–Crippen LogP) is 3.91. The number of nitrogens with one attached hydrogen (secondary N) is 1. The van der Waals surface area contributed by atoms with Crippen LogP contribution >= 0.6 is 11.8 Å². The third-order valence-corrected chi connectivity index (χ3v) is 3.62. The molecule has 0 aliphatic heterocycles. The molecule has 1 unspecified atom stereocenters. The smallest absolute Gasteiger partial charge is 0.0500 e. The van der Waals surface area contributed by atoms with Crippen LogP contribution in [0, 0.1) is 5.41 Å². The summed E-state index contributed by atoms with van der Waals surface area (Å²) in [7, 11) is 0. The molecule has 1 N–H and O–H groups in total. The van der Waals surface area contributed by atoms with Gasteiger partial charge in [-0.05, 0) is 50.8 Å². The van der Waals surface area contributed by atoms with Crippen molar-refractivity contribution in [2.45, 2.75) is 58.8 Å². The molecule has 0 spiro atoms. The molecular weight excluding hydrogens is 230 g/mol. The van der Waals surface area contributed by atoms with Gasteiger partial charge in [0.1, 0.15) is 0 Å². The van der Waals surface area contributed by atoms with Crippen LogP contribution in [-0.4, -0.2) is 31.4 Å². The fourth-order valence-electron chi connectivity index (χ4n) is 1.37. The van der Waals surface area contributed by atoms with Gasteiger partial charge in [-0.1, -0.05) is 20.8 Å². The zero-order chi connectivity index (χ0) is 13.1. The normalized spacial score (nSPS) is 13.9. The molecule has 0 aromatic heterocycles. The van der Waals surface area contributed by atoms with E-state index < -0.39 is 0 Å². The molecule has 0 amide bonds. The van der Waals surface area contributed by atoms with Crippen molar-refractivity contribution in [3.8, 4) is 0 Å². The second kappa shape index (κ2) is 10.2. The molecule has 0 heterocycles. The van der Waals surface area contributed by atoms with Gasteiger partial charge in [0.25, 0.3) is 0 Å². The lowest BCUT2D eigenvalue weighted by atomic mass is 9.93. The predicted molar refractivity (Wildman–Crippen MR) is 79.7 cm³/mol. The highest BCUT2D eigenvalue weighted by Gasteiger charge is 2.08. The van der Waals surface area contributed by atoms with Gasteiger partial charge < -0.3 is 10.1 Å². The van der Waals surface area contributed by atoms with Crippen molar-refractivity contribution in [3.05, 3.63) is 0 Å². The lowest BCUT2D eigenvalue weighted by molar-refractivity contribution is 0.105. The first-order chi connectivity index (χ1) is 7.95. The molecule has 1 atom stereocenters. The van der Waals surface area contributed by atoms with Crippen molar-refractivity contribution < 1.29 is 4.74 Å². The average molecular weight is 261 g/mol. The van der Waals surface area contributed by atoms with Gasteiger partial charge >= 0.3 is 0 Å². The van der Waals surface area contributed by atoms with Gasteiger partial charge in [-0.25, -0.2) is 0 Å². The van der Waals surface area contributed by atoms with Crippen molar-refractivity contribution >= 4 is 11.8 Å². The van der Waals surface area contributed by atoms with E-state index in [-0.39, 0.29) is 0 Å². The average Bonchev–Trinajstić information content (AvgIpc) is 2.25. The van der Waals surface area contributed by atoms with E-state index in [1.54, 1.807) is 0 Å². The summed E-state index contributed by atoms with van der Waals surface area (Å²) >= 11 is 1.87. The first kappa shape index (κ1) is 17.3. The van der Waals surface area contributed by atoms with Crippen LogP contribution in [0.5, 0.6) is 0 Å². The first-order valence-electron chi connectivity index (χ1n) is 6.79. The molecule has 0 rings (SSSR count). The van der Waals surface area contributed by atoms with Crippen LogP contribution in [0.2, 0.25) is 0 Å². The Bertz CT molecular complexity index is 168. The Balaban J connectivity index is 3.09. The summed E-state index contributed by atoms with van der Waals surface area (Å²) in [6, 6.07) is 0. The Morgan fingerprint density at radius 1 is 1.12 bits per heavy atom. The number of rotatable bonds is 10. The lowest BCUT2D eigenvalue weighted by Gasteiger charge is -2.17. The molecule has 0 aromatic carbocycles. The first-order valence-corrected chi connectivity index (χ1v) is 8.08. The molecule has 0 aromatic rings. The molecule has 0 saturated heterocycles. The highest BCUT2D eigenvalue weighted by Crippen LogP contribution is 2.17. The zero-order valence-electron chi connectivity index (χ0n) is 12.3. The molecule has 0 aliphatic rings. The Morgan fingerprint density at radius 2 is 1.82 bits per heavy atom. The quantitative estimate of drug-likeness (QED) is 0.476. The highest BCUT2D eigenvalue weighted by molar-refractivity contribution is 7.99. The monoisotopic (exact) mass is 261 g/mol. The van der Waals surface area contributed by atoms with Crippen molar-refractivity contribution in [2.24, 2.45) is 5.41 Å². The highest BCUT2D eigenvalue weighted by atomic mass is 32.2. The molecule has 104 valence electrons. The maximum Gasteiger partial charge on any atom is 0.0500 e. The van der Waals surface area contributed by atoms with E-state index >= 15 is 0 Å². The molecule has 0 aliphatic carbocycles. The second-order valence-electron chi connectivity index (χ2n) is 5.82. The van der Waals surface area contributed by atoms with Crippen LogP contribution < -0.4 is 5.32 Å². The van der Waals surface area contributed by atoms with E-state index in [2.05, 4.69) is 39.3 Å². The molecular formula is C14H31NOS. The summed E-state index contributed by atoms with van der Waals surface area (Å²) in [5.74, 6) is 0. The molecule has 3 heteroatoms. The van der Waals surface area contributed by atoms with E-state index in [0.717, 1.165) is 26.2 Å². The minimum atomic E-state index is 0.401. The lowest BCUT2D eigenvalue weighted by Crippen LogP contribution is -2.23. The second-order valence-corrected chi connectivity index (χ2v) is 6.99. The minimum Gasteiger partial charge on any atom is -0.381 e. The van der Waals surface area contributed by atoms with Crippen LogP contribution in [0.4, 0.5) is 0 Å². The number of hydrogen-bond acceptors (Lipinski definition) is 3. The summed E-state index contributed by atoms with van der Waals surface area (Å²) in [6.45, 7) is 11.9. The fraction of sp³-hybridized carbons (Fsp3) is 1.00. The molecule has 17 heavy (non-hydrogen) atoms. The molecule has 0 saturated carbocycles. The van der Waals surface area contributed by atoms with Gasteiger partial charge in [-0.3, -0.25) is 0 Å². The maximum atomic E-state index is 5.63. The van der Waals surface area contributed by atoms with Gasteiger partial charge in [0.05, 0.1) is 5.37 Å². The van der Waals surface area contributed by atoms with Crippen LogP contribution in [-0.2, 0) is 4.74 Å².